The van der Waals surface area contributed by atoms with E-state index >= 15 is 0 Å². The highest BCUT2D eigenvalue weighted by molar-refractivity contribution is 5.95. The molecule has 0 saturated heterocycles. The maximum Gasteiger partial charge on any atom is 0.340 e. The van der Waals surface area contributed by atoms with Gasteiger partial charge in [-0.15, -0.1) is 0 Å². The highest BCUT2D eigenvalue weighted by Gasteiger charge is 2.19. The number of carbonyl (C=O) groups excluding carboxylic acids is 1. The first-order valence-corrected chi connectivity index (χ1v) is 7.83. The van der Waals surface area contributed by atoms with Crippen molar-refractivity contribution in [3.63, 3.8) is 0 Å². The predicted octanol–water partition coefficient (Wildman–Crippen LogP) is 3.14. The zero-order valence-electron chi connectivity index (χ0n) is 14.2. The third kappa shape index (κ3) is 3.02. The SMILES string of the molecule is CCOC(=O)c1cn2ncnc(Nc3cc(C#N)ccc3C)c2c1C. The van der Waals surface area contributed by atoms with Gasteiger partial charge in [0.2, 0.25) is 0 Å². The summed E-state index contributed by atoms with van der Waals surface area (Å²) in [5, 5.41) is 16.5. The molecule has 1 N–H and O–H groups in total. The van der Waals surface area contributed by atoms with Gasteiger partial charge < -0.3 is 10.1 Å². The highest BCUT2D eigenvalue weighted by atomic mass is 16.5. The Bertz CT molecular complexity index is 1000. The lowest BCUT2D eigenvalue weighted by atomic mass is 10.1. The van der Waals surface area contributed by atoms with Crippen LogP contribution >= 0.6 is 0 Å². The van der Waals surface area contributed by atoms with Crippen molar-refractivity contribution in [1.29, 1.82) is 5.26 Å². The van der Waals surface area contributed by atoms with Crippen LogP contribution in [0.25, 0.3) is 5.52 Å². The van der Waals surface area contributed by atoms with Gasteiger partial charge in [-0.1, -0.05) is 6.07 Å². The van der Waals surface area contributed by atoms with Crippen molar-refractivity contribution in [3.05, 3.63) is 53.0 Å². The minimum absolute atomic E-state index is 0.307. The van der Waals surface area contributed by atoms with Gasteiger partial charge in [-0.25, -0.2) is 14.3 Å². The first-order chi connectivity index (χ1) is 12.0. The number of carbonyl (C=O) groups is 1. The zero-order chi connectivity index (χ0) is 18.0. The molecule has 0 aliphatic heterocycles. The van der Waals surface area contributed by atoms with Crippen LogP contribution in [0.5, 0.6) is 0 Å². The van der Waals surface area contributed by atoms with E-state index in [0.29, 0.717) is 29.1 Å². The van der Waals surface area contributed by atoms with Crippen LogP contribution < -0.4 is 5.32 Å². The minimum atomic E-state index is -0.390. The van der Waals surface area contributed by atoms with Crippen molar-refractivity contribution in [2.45, 2.75) is 20.8 Å². The molecule has 0 spiro atoms. The predicted molar refractivity (Wildman–Crippen MR) is 92.9 cm³/mol. The maximum atomic E-state index is 12.1. The largest absolute Gasteiger partial charge is 0.462 e. The molecule has 0 radical (unpaired) electrons. The first kappa shape index (κ1) is 16.5. The lowest BCUT2D eigenvalue weighted by Crippen LogP contribution is -2.04. The number of nitrogens with one attached hydrogen (secondary N) is 1. The molecule has 0 atom stereocenters. The van der Waals surface area contributed by atoms with E-state index < -0.39 is 0 Å². The molecule has 0 unspecified atom stereocenters. The van der Waals surface area contributed by atoms with E-state index in [1.165, 1.54) is 6.33 Å². The summed E-state index contributed by atoms with van der Waals surface area (Å²) in [6.45, 7) is 5.84. The van der Waals surface area contributed by atoms with Gasteiger partial charge in [0.25, 0.3) is 0 Å². The Labute approximate surface area is 144 Å². The topological polar surface area (TPSA) is 92.3 Å². The van der Waals surface area contributed by atoms with Crippen molar-refractivity contribution in [3.8, 4) is 6.07 Å². The van der Waals surface area contributed by atoms with E-state index in [1.807, 2.05) is 19.9 Å². The van der Waals surface area contributed by atoms with Crippen molar-refractivity contribution < 1.29 is 9.53 Å². The summed E-state index contributed by atoms with van der Waals surface area (Å²) in [6, 6.07) is 7.52. The van der Waals surface area contributed by atoms with Crippen LogP contribution in [-0.2, 0) is 4.74 Å². The molecule has 7 heteroatoms. The molecule has 126 valence electrons. The molecule has 3 aromatic rings. The second-order valence-electron chi connectivity index (χ2n) is 5.56. The number of nitrogens with zero attached hydrogens (tertiary/aromatic N) is 4. The molecule has 2 heterocycles. The Hall–Kier alpha value is -3.40. The minimum Gasteiger partial charge on any atom is -0.462 e. The van der Waals surface area contributed by atoms with Gasteiger partial charge in [-0.05, 0) is 44.0 Å². The second-order valence-corrected chi connectivity index (χ2v) is 5.56. The van der Waals surface area contributed by atoms with Gasteiger partial charge in [0.05, 0.1) is 23.8 Å². The Morgan fingerprint density at radius 3 is 2.92 bits per heavy atom. The molecule has 0 aliphatic carbocycles. The second kappa shape index (κ2) is 6.61. The molecule has 2 aromatic heterocycles. The van der Waals surface area contributed by atoms with Crippen molar-refractivity contribution in [2.24, 2.45) is 0 Å². The molecule has 7 nitrogen and oxygen atoms in total. The summed E-state index contributed by atoms with van der Waals surface area (Å²) < 4.78 is 6.69. The van der Waals surface area contributed by atoms with Crippen molar-refractivity contribution >= 4 is 23.0 Å². The third-order valence-corrected chi connectivity index (χ3v) is 3.94. The molecule has 1 aromatic carbocycles. The zero-order valence-corrected chi connectivity index (χ0v) is 14.2. The third-order valence-electron chi connectivity index (χ3n) is 3.94. The summed E-state index contributed by atoms with van der Waals surface area (Å²) in [5.41, 5.74) is 4.18. The number of fused-ring (bicyclic) bond motifs is 1. The molecule has 0 amide bonds. The van der Waals surface area contributed by atoms with Gasteiger partial charge in [-0.2, -0.15) is 10.4 Å². The molecule has 25 heavy (non-hydrogen) atoms. The van der Waals surface area contributed by atoms with Crippen LogP contribution in [0, 0.1) is 25.2 Å². The average Bonchev–Trinajstić information content (AvgIpc) is 2.95. The molecular formula is C18H17N5O2. The van der Waals surface area contributed by atoms with E-state index in [-0.39, 0.29) is 5.97 Å². The molecule has 0 saturated carbocycles. The van der Waals surface area contributed by atoms with E-state index in [1.54, 1.807) is 29.8 Å². The first-order valence-electron chi connectivity index (χ1n) is 7.83. The Kier molecular flexibility index (Phi) is 4.35. The summed E-state index contributed by atoms with van der Waals surface area (Å²) >= 11 is 0. The van der Waals surface area contributed by atoms with Crippen LogP contribution in [0.4, 0.5) is 11.5 Å². The van der Waals surface area contributed by atoms with E-state index in [9.17, 15) is 4.79 Å². The smallest absolute Gasteiger partial charge is 0.340 e. The summed E-state index contributed by atoms with van der Waals surface area (Å²) in [5.74, 6) is 0.167. The Balaban J connectivity index is 2.09. The van der Waals surface area contributed by atoms with Crippen LogP contribution in [0.2, 0.25) is 0 Å². The number of rotatable bonds is 4. The fraction of sp³-hybridized carbons (Fsp3) is 0.222. The summed E-state index contributed by atoms with van der Waals surface area (Å²) in [6.07, 6.45) is 3.04. The number of hydrogen-bond acceptors (Lipinski definition) is 6. The van der Waals surface area contributed by atoms with E-state index in [2.05, 4.69) is 21.5 Å². The Morgan fingerprint density at radius 2 is 2.20 bits per heavy atom. The monoisotopic (exact) mass is 335 g/mol. The molecule has 0 bridgehead atoms. The van der Waals surface area contributed by atoms with Crippen LogP contribution in [0.1, 0.15) is 34.0 Å². The summed E-state index contributed by atoms with van der Waals surface area (Å²) in [7, 11) is 0. The van der Waals surface area contributed by atoms with Gasteiger partial charge >= 0.3 is 5.97 Å². The van der Waals surface area contributed by atoms with Gasteiger partial charge in [0.15, 0.2) is 5.82 Å². The molecule has 0 aliphatic rings. The quantitative estimate of drug-likeness (QED) is 0.736. The number of aromatic nitrogens is 3. The van der Waals surface area contributed by atoms with Crippen LogP contribution in [0.3, 0.4) is 0 Å². The lowest BCUT2D eigenvalue weighted by molar-refractivity contribution is 0.0525. The van der Waals surface area contributed by atoms with Crippen LogP contribution in [-0.4, -0.2) is 27.2 Å². The van der Waals surface area contributed by atoms with Crippen LogP contribution in [0.15, 0.2) is 30.7 Å². The standard InChI is InChI=1S/C18H17N5O2/c1-4-25-18(24)14-9-23-16(12(14)3)17(20-10-21-23)22-15-7-13(8-19)6-5-11(15)2/h5-7,9-10H,4H2,1-3H3,(H,20,21,22). The maximum absolute atomic E-state index is 12.1. The number of nitriles is 1. The van der Waals surface area contributed by atoms with Crippen molar-refractivity contribution in [2.75, 3.05) is 11.9 Å². The summed E-state index contributed by atoms with van der Waals surface area (Å²) in [4.78, 5) is 16.4. The average molecular weight is 335 g/mol. The fourth-order valence-corrected chi connectivity index (χ4v) is 2.62. The van der Waals surface area contributed by atoms with E-state index in [4.69, 9.17) is 10.00 Å². The molecule has 3 rings (SSSR count). The lowest BCUT2D eigenvalue weighted by Gasteiger charge is -2.10. The number of anilines is 2. The van der Waals surface area contributed by atoms with Gasteiger partial charge in [0.1, 0.15) is 11.8 Å². The number of aryl methyl sites for hydroxylation is 2. The number of esters is 1. The number of hydrogen-bond donors (Lipinski definition) is 1. The van der Waals surface area contributed by atoms with E-state index in [0.717, 1.165) is 16.8 Å². The molecular weight excluding hydrogens is 318 g/mol. The van der Waals surface area contributed by atoms with Gasteiger partial charge in [-0.3, -0.25) is 0 Å². The number of benzene rings is 1. The highest BCUT2D eigenvalue weighted by Crippen LogP contribution is 2.27. The van der Waals surface area contributed by atoms with Gasteiger partial charge in [0, 0.05) is 11.9 Å². The fourth-order valence-electron chi connectivity index (χ4n) is 2.62. The van der Waals surface area contributed by atoms with Crippen molar-refractivity contribution in [1.82, 2.24) is 14.6 Å². The Morgan fingerprint density at radius 1 is 1.40 bits per heavy atom. The number of ether oxygens (including phenoxy) is 1. The molecule has 0 fully saturated rings. The normalized spacial score (nSPS) is 10.5.